The van der Waals surface area contributed by atoms with Gasteiger partial charge in [0.25, 0.3) is 0 Å². The van der Waals surface area contributed by atoms with Gasteiger partial charge in [0.15, 0.2) is 0 Å². The van der Waals surface area contributed by atoms with Crippen molar-refractivity contribution in [2.45, 2.75) is 39.5 Å². The summed E-state index contributed by atoms with van der Waals surface area (Å²) in [4.78, 5) is 0. The number of hydrogen-bond acceptors (Lipinski definition) is 2. The van der Waals surface area contributed by atoms with Crippen LogP contribution in [-0.2, 0) is 0 Å². The summed E-state index contributed by atoms with van der Waals surface area (Å²) < 4.78 is 0. The average molecular weight is 287 g/mol. The highest BCUT2D eigenvalue weighted by atomic mass is 35.5. The van der Waals surface area contributed by atoms with Crippen LogP contribution in [0.4, 0.5) is 0 Å². The Morgan fingerprint density at radius 1 is 1.20 bits per heavy atom. The van der Waals surface area contributed by atoms with Gasteiger partial charge in [-0.3, -0.25) is 0 Å². The van der Waals surface area contributed by atoms with Crippen molar-refractivity contribution >= 4 is 11.6 Å². The fourth-order valence-electron chi connectivity index (χ4n) is 2.95. The highest BCUT2D eigenvalue weighted by molar-refractivity contribution is 6.31. The largest absolute Gasteiger partial charge is 0.351 e. The Bertz CT molecular complexity index is 620. The molecule has 0 saturated carbocycles. The Labute approximate surface area is 125 Å². The Kier molecular flexibility index (Phi) is 4.52. The highest BCUT2D eigenvalue weighted by Gasteiger charge is 2.29. The molecule has 2 nitrogen and oxygen atoms in total. The minimum Gasteiger partial charge on any atom is -0.351 e. The minimum absolute atomic E-state index is 0.120. The van der Waals surface area contributed by atoms with Gasteiger partial charge in [-0.2, -0.15) is 5.26 Å². The maximum Gasteiger partial charge on any atom is 0.117 e. The minimum atomic E-state index is 0.120. The van der Waals surface area contributed by atoms with Crippen LogP contribution in [0.1, 0.15) is 45.1 Å². The summed E-state index contributed by atoms with van der Waals surface area (Å²) in [6.07, 6.45) is 1.78. The molecule has 3 heteroatoms. The molecule has 1 heterocycles. The molecule has 0 fully saturated rings. The van der Waals surface area contributed by atoms with Crippen LogP contribution in [0.15, 0.2) is 46.8 Å². The molecular weight excluding hydrogens is 268 g/mol. The molecule has 1 unspecified atom stereocenters. The van der Waals surface area contributed by atoms with Gasteiger partial charge < -0.3 is 5.32 Å². The predicted octanol–water partition coefficient (Wildman–Crippen LogP) is 4.90. The second-order valence-electron chi connectivity index (χ2n) is 4.95. The lowest BCUT2D eigenvalue weighted by Gasteiger charge is -2.31. The summed E-state index contributed by atoms with van der Waals surface area (Å²) in [6.45, 7) is 6.27. The molecule has 20 heavy (non-hydrogen) atoms. The van der Waals surface area contributed by atoms with Gasteiger partial charge in [0.2, 0.25) is 0 Å². The number of nitriles is 1. The molecule has 0 amide bonds. The van der Waals surface area contributed by atoms with E-state index in [-0.39, 0.29) is 5.92 Å². The summed E-state index contributed by atoms with van der Waals surface area (Å²) in [5.41, 5.74) is 5.28. The topological polar surface area (TPSA) is 35.8 Å². The molecule has 1 aliphatic heterocycles. The van der Waals surface area contributed by atoms with Crippen molar-refractivity contribution in [3.8, 4) is 6.07 Å². The number of hydrogen-bond donors (Lipinski definition) is 1. The van der Waals surface area contributed by atoms with Gasteiger partial charge in [-0.15, -0.1) is 0 Å². The normalized spacial score (nSPS) is 18.9. The molecule has 1 aromatic carbocycles. The van der Waals surface area contributed by atoms with Gasteiger partial charge in [0, 0.05) is 16.6 Å². The van der Waals surface area contributed by atoms with E-state index in [0.717, 1.165) is 34.7 Å². The van der Waals surface area contributed by atoms with Gasteiger partial charge in [0.05, 0.1) is 0 Å². The van der Waals surface area contributed by atoms with Crippen LogP contribution in [0.2, 0.25) is 5.02 Å². The van der Waals surface area contributed by atoms with Crippen LogP contribution >= 0.6 is 11.6 Å². The Balaban J connectivity index is 2.66. The number of dihydropyridines is 1. The SMILES string of the molecule is CCC1=C(C)NC(C#N)=C(CC)C1c1ccccc1Cl. The standard InChI is InChI=1S/C17H19ClN2/c1-4-12-11(3)20-16(10-19)13(5-2)17(12)14-8-6-7-9-15(14)18/h6-9,17,20H,4-5H2,1-3H3. The van der Waals surface area contributed by atoms with Crippen LogP contribution in [0.3, 0.4) is 0 Å². The smallest absolute Gasteiger partial charge is 0.117 e. The lowest BCUT2D eigenvalue weighted by atomic mass is 9.78. The number of benzene rings is 1. The predicted molar refractivity (Wildman–Crippen MR) is 83.2 cm³/mol. The first-order valence-electron chi connectivity index (χ1n) is 6.98. The zero-order valence-corrected chi connectivity index (χ0v) is 12.9. The lowest BCUT2D eigenvalue weighted by molar-refractivity contribution is 0.729. The molecule has 0 saturated heterocycles. The average Bonchev–Trinajstić information content (AvgIpc) is 2.46. The van der Waals surface area contributed by atoms with E-state index in [4.69, 9.17) is 11.6 Å². The van der Waals surface area contributed by atoms with Crippen molar-refractivity contribution in [3.63, 3.8) is 0 Å². The van der Waals surface area contributed by atoms with Crippen molar-refractivity contribution in [3.05, 3.63) is 57.4 Å². The molecule has 0 aromatic heterocycles. The van der Waals surface area contributed by atoms with E-state index in [1.807, 2.05) is 25.1 Å². The number of allylic oxidation sites excluding steroid dienone is 4. The van der Waals surface area contributed by atoms with Gasteiger partial charge in [0.1, 0.15) is 11.8 Å². The Morgan fingerprint density at radius 2 is 1.85 bits per heavy atom. The fraction of sp³-hybridized carbons (Fsp3) is 0.353. The van der Waals surface area contributed by atoms with Gasteiger partial charge in [-0.25, -0.2) is 0 Å². The molecule has 1 N–H and O–H groups in total. The second kappa shape index (κ2) is 6.15. The van der Waals surface area contributed by atoms with Crippen LogP contribution in [0.5, 0.6) is 0 Å². The summed E-state index contributed by atoms with van der Waals surface area (Å²) in [7, 11) is 0. The molecule has 1 aliphatic rings. The maximum absolute atomic E-state index is 9.38. The summed E-state index contributed by atoms with van der Waals surface area (Å²) >= 11 is 6.39. The summed E-state index contributed by atoms with van der Waals surface area (Å²) in [5.74, 6) is 0.120. The van der Waals surface area contributed by atoms with Crippen LogP contribution in [-0.4, -0.2) is 0 Å². The molecule has 2 rings (SSSR count). The first-order chi connectivity index (χ1) is 9.63. The number of halogens is 1. The third-order valence-corrected chi connectivity index (χ3v) is 4.25. The molecule has 104 valence electrons. The number of nitrogens with zero attached hydrogens (tertiary/aromatic N) is 1. The molecule has 0 spiro atoms. The molecule has 1 atom stereocenters. The van der Waals surface area contributed by atoms with Crippen molar-refractivity contribution in [2.24, 2.45) is 0 Å². The molecule has 0 radical (unpaired) electrons. The van der Waals surface area contributed by atoms with Crippen LogP contribution in [0.25, 0.3) is 0 Å². The lowest BCUT2D eigenvalue weighted by Crippen LogP contribution is -2.25. The van der Waals surface area contributed by atoms with Crippen molar-refractivity contribution in [1.29, 1.82) is 5.26 Å². The summed E-state index contributed by atoms with van der Waals surface area (Å²) in [6, 6.07) is 10.2. The van der Waals surface area contributed by atoms with E-state index >= 15 is 0 Å². The Hall–Kier alpha value is -1.72. The zero-order chi connectivity index (χ0) is 14.7. The van der Waals surface area contributed by atoms with Gasteiger partial charge >= 0.3 is 0 Å². The van der Waals surface area contributed by atoms with Crippen molar-refractivity contribution < 1.29 is 0 Å². The van der Waals surface area contributed by atoms with E-state index in [1.165, 1.54) is 5.57 Å². The molecule has 0 bridgehead atoms. The van der Waals surface area contributed by atoms with E-state index in [9.17, 15) is 5.26 Å². The monoisotopic (exact) mass is 286 g/mol. The molecule has 0 aliphatic carbocycles. The van der Waals surface area contributed by atoms with Crippen molar-refractivity contribution in [2.75, 3.05) is 0 Å². The second-order valence-corrected chi connectivity index (χ2v) is 5.36. The van der Waals surface area contributed by atoms with Gasteiger partial charge in [-0.05, 0) is 42.5 Å². The summed E-state index contributed by atoms with van der Waals surface area (Å²) in [5, 5.41) is 13.4. The molecule has 1 aromatic rings. The van der Waals surface area contributed by atoms with E-state index in [0.29, 0.717) is 5.70 Å². The maximum atomic E-state index is 9.38. The third-order valence-electron chi connectivity index (χ3n) is 3.90. The highest BCUT2D eigenvalue weighted by Crippen LogP contribution is 2.42. The van der Waals surface area contributed by atoms with Crippen LogP contribution in [0, 0.1) is 11.3 Å². The Morgan fingerprint density at radius 3 is 2.40 bits per heavy atom. The third kappa shape index (κ3) is 2.46. The number of nitrogens with one attached hydrogen (secondary N) is 1. The number of rotatable bonds is 3. The quantitative estimate of drug-likeness (QED) is 0.858. The van der Waals surface area contributed by atoms with Crippen LogP contribution < -0.4 is 5.32 Å². The zero-order valence-electron chi connectivity index (χ0n) is 12.1. The first kappa shape index (κ1) is 14.7. The fourth-order valence-corrected chi connectivity index (χ4v) is 3.20. The van der Waals surface area contributed by atoms with E-state index < -0.39 is 0 Å². The van der Waals surface area contributed by atoms with E-state index in [2.05, 4.69) is 31.3 Å². The van der Waals surface area contributed by atoms with Gasteiger partial charge in [-0.1, -0.05) is 43.6 Å². The molecular formula is C17H19ClN2. The van der Waals surface area contributed by atoms with E-state index in [1.54, 1.807) is 0 Å². The van der Waals surface area contributed by atoms with Crippen molar-refractivity contribution in [1.82, 2.24) is 5.32 Å². The first-order valence-corrected chi connectivity index (χ1v) is 7.36.